The maximum absolute atomic E-state index is 2.44. The standard InChI is InChI=1S/C45H36N2/c1-33-31-37-14-9-11-21-43(37)45(32-33)47(39-18-6-3-7-19-39)41-29-25-35(26-30-41)34-23-27-40(28-24-34)46(38-16-4-2-5-17-38)44-22-12-15-36-13-8-10-20-42(36)44/h2-31,33H,32H2,1H3/t33-/m0/s1. The minimum absolute atomic E-state index is 0.466. The van der Waals surface area contributed by atoms with Crippen LogP contribution in [0.2, 0.25) is 0 Å². The zero-order chi connectivity index (χ0) is 31.6. The number of hydrogen-bond donors (Lipinski definition) is 0. The second-order valence-electron chi connectivity index (χ2n) is 12.3. The molecule has 0 amide bonds. The minimum Gasteiger partial charge on any atom is -0.314 e. The molecule has 7 aromatic carbocycles. The van der Waals surface area contributed by atoms with Crippen molar-refractivity contribution in [1.82, 2.24) is 0 Å². The van der Waals surface area contributed by atoms with Gasteiger partial charge >= 0.3 is 0 Å². The topological polar surface area (TPSA) is 6.48 Å². The molecule has 1 aliphatic rings. The molecule has 0 fully saturated rings. The molecule has 0 heterocycles. The van der Waals surface area contributed by atoms with Crippen molar-refractivity contribution in [3.63, 3.8) is 0 Å². The van der Waals surface area contributed by atoms with E-state index in [1.807, 2.05) is 0 Å². The first-order valence-corrected chi connectivity index (χ1v) is 16.4. The fraction of sp³-hybridized carbons (Fsp3) is 0.0667. The van der Waals surface area contributed by atoms with Crippen LogP contribution < -0.4 is 20.2 Å². The average molecular weight is 605 g/mol. The highest BCUT2D eigenvalue weighted by molar-refractivity contribution is 5.99. The highest BCUT2D eigenvalue weighted by atomic mass is 15.2. The number of rotatable bonds is 7. The number of benzene rings is 7. The SMILES string of the molecule is C[C@H]1C=c2ccccc2=C(N(c2ccccc2)c2ccc(-c3ccc(N(c4ccccc4)c4cccc5ccccc45)cc3)cc2)C1. The number of nitrogens with zero attached hydrogens (tertiary/aromatic N) is 2. The Labute approximate surface area is 276 Å². The molecule has 7 aromatic rings. The van der Waals surface area contributed by atoms with E-state index in [9.17, 15) is 0 Å². The van der Waals surface area contributed by atoms with Gasteiger partial charge in [-0.3, -0.25) is 0 Å². The number of hydrogen-bond acceptors (Lipinski definition) is 2. The van der Waals surface area contributed by atoms with Gasteiger partial charge < -0.3 is 9.80 Å². The van der Waals surface area contributed by atoms with Crippen molar-refractivity contribution in [3.8, 4) is 11.1 Å². The fourth-order valence-corrected chi connectivity index (χ4v) is 6.95. The van der Waals surface area contributed by atoms with Gasteiger partial charge in [-0.25, -0.2) is 0 Å². The molecule has 1 aliphatic carbocycles. The van der Waals surface area contributed by atoms with Gasteiger partial charge in [0.1, 0.15) is 0 Å². The summed E-state index contributed by atoms with van der Waals surface area (Å²) in [5.41, 5.74) is 9.50. The van der Waals surface area contributed by atoms with Crippen LogP contribution in [0.5, 0.6) is 0 Å². The average Bonchev–Trinajstić information content (AvgIpc) is 3.13. The van der Waals surface area contributed by atoms with Crippen LogP contribution in [0, 0.1) is 5.92 Å². The molecule has 0 aliphatic heterocycles. The van der Waals surface area contributed by atoms with E-state index in [0.29, 0.717) is 5.92 Å². The van der Waals surface area contributed by atoms with Crippen molar-refractivity contribution >= 4 is 51.0 Å². The summed E-state index contributed by atoms with van der Waals surface area (Å²) in [5, 5.41) is 5.08. The normalized spacial score (nSPS) is 13.9. The van der Waals surface area contributed by atoms with E-state index >= 15 is 0 Å². The summed E-state index contributed by atoms with van der Waals surface area (Å²) < 4.78 is 0. The molecular weight excluding hydrogens is 569 g/mol. The molecule has 0 saturated heterocycles. The molecule has 47 heavy (non-hydrogen) atoms. The van der Waals surface area contributed by atoms with Crippen LogP contribution in [0.4, 0.5) is 28.4 Å². The van der Waals surface area contributed by atoms with Gasteiger partial charge in [-0.2, -0.15) is 0 Å². The van der Waals surface area contributed by atoms with E-state index < -0.39 is 0 Å². The van der Waals surface area contributed by atoms with E-state index in [1.165, 1.54) is 55.1 Å². The zero-order valence-electron chi connectivity index (χ0n) is 26.5. The Morgan fingerprint density at radius 1 is 0.447 bits per heavy atom. The van der Waals surface area contributed by atoms with Crippen molar-refractivity contribution in [2.75, 3.05) is 9.80 Å². The van der Waals surface area contributed by atoms with Gasteiger partial charge in [-0.1, -0.05) is 134 Å². The Bertz CT molecular complexity index is 2270. The zero-order valence-corrected chi connectivity index (χ0v) is 26.5. The molecule has 0 N–H and O–H groups in total. The number of fused-ring (bicyclic) bond motifs is 2. The van der Waals surface area contributed by atoms with Crippen LogP contribution in [0.25, 0.3) is 33.7 Å². The van der Waals surface area contributed by atoms with Crippen molar-refractivity contribution < 1.29 is 0 Å². The Morgan fingerprint density at radius 3 is 1.64 bits per heavy atom. The van der Waals surface area contributed by atoms with Crippen LogP contribution in [0.15, 0.2) is 176 Å². The largest absolute Gasteiger partial charge is 0.314 e. The van der Waals surface area contributed by atoms with Gasteiger partial charge in [0, 0.05) is 39.1 Å². The maximum Gasteiger partial charge on any atom is 0.0540 e. The molecule has 2 heteroatoms. The number of para-hydroxylation sites is 2. The molecule has 8 rings (SSSR count). The van der Waals surface area contributed by atoms with Gasteiger partial charge in [-0.05, 0) is 88.7 Å². The van der Waals surface area contributed by atoms with E-state index in [0.717, 1.165) is 17.8 Å². The van der Waals surface area contributed by atoms with Gasteiger partial charge in [0.05, 0.1) is 5.69 Å². The molecule has 0 radical (unpaired) electrons. The molecule has 0 aromatic heterocycles. The van der Waals surface area contributed by atoms with Gasteiger partial charge in [0.15, 0.2) is 0 Å². The Balaban J connectivity index is 1.16. The second kappa shape index (κ2) is 12.5. The van der Waals surface area contributed by atoms with Crippen LogP contribution in [-0.4, -0.2) is 0 Å². The molecule has 0 unspecified atom stereocenters. The third-order valence-corrected chi connectivity index (χ3v) is 9.14. The van der Waals surface area contributed by atoms with E-state index in [2.05, 4.69) is 199 Å². The molecule has 0 spiro atoms. The Morgan fingerprint density at radius 2 is 0.957 bits per heavy atom. The maximum atomic E-state index is 2.44. The van der Waals surface area contributed by atoms with Crippen LogP contribution in [-0.2, 0) is 0 Å². The fourth-order valence-electron chi connectivity index (χ4n) is 6.95. The summed E-state index contributed by atoms with van der Waals surface area (Å²) in [4.78, 5) is 4.79. The summed E-state index contributed by atoms with van der Waals surface area (Å²) in [6.45, 7) is 2.31. The summed E-state index contributed by atoms with van der Waals surface area (Å²) in [7, 11) is 0. The summed E-state index contributed by atoms with van der Waals surface area (Å²) in [5.74, 6) is 0.466. The Hall–Kier alpha value is -5.86. The molecular formula is C45H36N2. The molecule has 226 valence electrons. The smallest absolute Gasteiger partial charge is 0.0540 e. The molecule has 2 nitrogen and oxygen atoms in total. The van der Waals surface area contributed by atoms with Gasteiger partial charge in [0.25, 0.3) is 0 Å². The van der Waals surface area contributed by atoms with Crippen molar-refractivity contribution in [2.24, 2.45) is 5.92 Å². The quantitative estimate of drug-likeness (QED) is 0.179. The first-order valence-electron chi connectivity index (χ1n) is 16.4. The second-order valence-corrected chi connectivity index (χ2v) is 12.3. The van der Waals surface area contributed by atoms with Crippen LogP contribution in [0.3, 0.4) is 0 Å². The van der Waals surface area contributed by atoms with E-state index in [4.69, 9.17) is 0 Å². The highest BCUT2D eigenvalue weighted by Crippen LogP contribution is 2.40. The van der Waals surface area contributed by atoms with Gasteiger partial charge in [0.2, 0.25) is 0 Å². The lowest BCUT2D eigenvalue weighted by molar-refractivity contribution is 0.773. The van der Waals surface area contributed by atoms with Crippen molar-refractivity contribution in [3.05, 3.63) is 186 Å². The van der Waals surface area contributed by atoms with Crippen LogP contribution >= 0.6 is 0 Å². The van der Waals surface area contributed by atoms with Crippen molar-refractivity contribution in [1.29, 1.82) is 0 Å². The monoisotopic (exact) mass is 604 g/mol. The third kappa shape index (κ3) is 5.60. The van der Waals surface area contributed by atoms with Crippen LogP contribution in [0.1, 0.15) is 13.3 Å². The van der Waals surface area contributed by atoms with Crippen molar-refractivity contribution in [2.45, 2.75) is 13.3 Å². The van der Waals surface area contributed by atoms with E-state index in [1.54, 1.807) is 0 Å². The first-order chi connectivity index (χ1) is 23.2. The summed E-state index contributed by atoms with van der Waals surface area (Å²) >= 11 is 0. The molecule has 0 bridgehead atoms. The first kappa shape index (κ1) is 28.6. The molecule has 1 atom stereocenters. The van der Waals surface area contributed by atoms with E-state index in [-0.39, 0.29) is 0 Å². The summed E-state index contributed by atoms with van der Waals surface area (Å²) in [6, 6.07) is 63.3. The summed E-state index contributed by atoms with van der Waals surface area (Å²) in [6.07, 6.45) is 3.39. The minimum atomic E-state index is 0.466. The Kier molecular flexibility index (Phi) is 7.61. The lowest BCUT2D eigenvalue weighted by atomic mass is 9.94. The lowest BCUT2D eigenvalue weighted by Crippen LogP contribution is -2.36. The third-order valence-electron chi connectivity index (χ3n) is 9.14. The lowest BCUT2D eigenvalue weighted by Gasteiger charge is -2.31. The molecule has 0 saturated carbocycles. The highest BCUT2D eigenvalue weighted by Gasteiger charge is 2.20. The van der Waals surface area contributed by atoms with Gasteiger partial charge in [-0.15, -0.1) is 0 Å². The predicted octanol–water partition coefficient (Wildman–Crippen LogP) is 10.7. The predicted molar refractivity (Wildman–Crippen MR) is 200 cm³/mol. The number of anilines is 5.